The van der Waals surface area contributed by atoms with Crippen LogP contribution < -0.4 is 5.73 Å². The number of ether oxygens (including phenoxy) is 1. The molecule has 3 rings (SSSR count). The lowest BCUT2D eigenvalue weighted by Gasteiger charge is -2.50. The third-order valence-corrected chi connectivity index (χ3v) is 5.90. The minimum atomic E-state index is -0.177. The minimum absolute atomic E-state index is 0.0117. The van der Waals surface area contributed by atoms with Gasteiger partial charge in [0.2, 0.25) is 0 Å². The summed E-state index contributed by atoms with van der Waals surface area (Å²) in [5.74, 6) is 0.991. The third-order valence-electron chi connectivity index (χ3n) is 5.90. The molecule has 21 heavy (non-hydrogen) atoms. The van der Waals surface area contributed by atoms with E-state index in [0.29, 0.717) is 6.54 Å². The molecule has 122 valence electrons. The molecule has 2 saturated heterocycles. The lowest BCUT2D eigenvalue weighted by molar-refractivity contribution is -0.109. The van der Waals surface area contributed by atoms with Crippen molar-refractivity contribution in [2.75, 3.05) is 39.3 Å². The van der Waals surface area contributed by atoms with Gasteiger partial charge < -0.3 is 15.4 Å². The van der Waals surface area contributed by atoms with E-state index < -0.39 is 0 Å². The molecule has 0 bridgehead atoms. The third kappa shape index (κ3) is 2.88. The highest BCUT2D eigenvalue weighted by Crippen LogP contribution is 2.48. The van der Waals surface area contributed by atoms with E-state index in [1.807, 2.05) is 0 Å². The Morgan fingerprint density at radius 3 is 2.10 bits per heavy atom. The van der Waals surface area contributed by atoms with Crippen LogP contribution in [0, 0.1) is 5.92 Å². The summed E-state index contributed by atoms with van der Waals surface area (Å²) in [5, 5.41) is 0. The van der Waals surface area contributed by atoms with Crippen molar-refractivity contribution in [1.29, 1.82) is 0 Å². The van der Waals surface area contributed by atoms with Crippen molar-refractivity contribution < 1.29 is 4.74 Å². The van der Waals surface area contributed by atoms with Crippen LogP contribution in [0.5, 0.6) is 0 Å². The van der Waals surface area contributed by atoms with Crippen LogP contribution in [-0.4, -0.2) is 65.8 Å². The lowest BCUT2D eigenvalue weighted by atomic mass is 9.77. The molecule has 4 heteroatoms. The normalized spacial score (nSPS) is 37.0. The second-order valence-corrected chi connectivity index (χ2v) is 8.52. The Labute approximate surface area is 130 Å². The average molecular weight is 295 g/mol. The maximum Gasteiger partial charge on any atom is 0.0830 e. The summed E-state index contributed by atoms with van der Waals surface area (Å²) in [6.45, 7) is 15.5. The van der Waals surface area contributed by atoms with E-state index >= 15 is 0 Å². The molecule has 3 aliphatic rings. The van der Waals surface area contributed by atoms with Crippen LogP contribution in [0.4, 0.5) is 0 Å². The van der Waals surface area contributed by atoms with Crippen LogP contribution in [0.1, 0.15) is 47.0 Å². The van der Waals surface area contributed by atoms with Gasteiger partial charge in [-0.1, -0.05) is 0 Å². The molecule has 2 N–H and O–H groups in total. The van der Waals surface area contributed by atoms with Gasteiger partial charge in [-0.2, -0.15) is 0 Å². The smallest absolute Gasteiger partial charge is 0.0830 e. The summed E-state index contributed by atoms with van der Waals surface area (Å²) >= 11 is 0. The van der Waals surface area contributed by atoms with Crippen LogP contribution in [0.25, 0.3) is 0 Å². The molecule has 0 spiro atoms. The van der Waals surface area contributed by atoms with Gasteiger partial charge in [0.1, 0.15) is 0 Å². The van der Waals surface area contributed by atoms with E-state index in [0.717, 1.165) is 25.4 Å². The minimum Gasteiger partial charge on any atom is -0.368 e. The first-order valence-corrected chi connectivity index (χ1v) is 8.66. The van der Waals surface area contributed by atoms with Crippen molar-refractivity contribution in [2.45, 2.75) is 63.7 Å². The summed E-state index contributed by atoms with van der Waals surface area (Å²) in [5.41, 5.74) is 6.02. The molecular weight excluding hydrogens is 262 g/mol. The molecule has 4 nitrogen and oxygen atoms in total. The topological polar surface area (TPSA) is 41.7 Å². The van der Waals surface area contributed by atoms with Crippen LogP contribution in [0.2, 0.25) is 0 Å². The fourth-order valence-electron chi connectivity index (χ4n) is 4.70. The molecule has 0 aromatic carbocycles. The fourth-order valence-corrected chi connectivity index (χ4v) is 4.70. The molecule has 1 unspecified atom stereocenters. The van der Waals surface area contributed by atoms with Gasteiger partial charge in [-0.25, -0.2) is 0 Å². The number of hydrogen-bond donors (Lipinski definition) is 1. The van der Waals surface area contributed by atoms with E-state index in [2.05, 4.69) is 37.5 Å². The van der Waals surface area contributed by atoms with Crippen LogP contribution in [0.3, 0.4) is 0 Å². The summed E-state index contributed by atoms with van der Waals surface area (Å²) < 4.78 is 6.36. The highest BCUT2D eigenvalue weighted by atomic mass is 16.5. The van der Waals surface area contributed by atoms with Gasteiger partial charge in [0.05, 0.1) is 16.7 Å². The number of nitrogens with zero attached hydrogens (tertiary/aromatic N) is 2. The highest BCUT2D eigenvalue weighted by molar-refractivity contribution is 5.13. The van der Waals surface area contributed by atoms with Crippen LogP contribution >= 0.6 is 0 Å². The van der Waals surface area contributed by atoms with E-state index in [1.54, 1.807) is 0 Å². The molecule has 2 aliphatic heterocycles. The Kier molecular flexibility index (Phi) is 3.89. The maximum absolute atomic E-state index is 6.36. The maximum atomic E-state index is 6.36. The van der Waals surface area contributed by atoms with Gasteiger partial charge in [0.15, 0.2) is 0 Å². The SMILES string of the molecule is CC1(C)CC(CN)(N2CCN(CC3CC3)CC2)C(C)(C)O1. The first-order chi connectivity index (χ1) is 9.78. The zero-order valence-electron chi connectivity index (χ0n) is 14.3. The van der Waals surface area contributed by atoms with Gasteiger partial charge in [-0.3, -0.25) is 4.90 Å². The number of nitrogens with two attached hydrogens (primary N) is 1. The molecule has 0 aromatic heterocycles. The monoisotopic (exact) mass is 295 g/mol. The Hall–Kier alpha value is -0.160. The molecule has 0 aromatic rings. The molecule has 1 atom stereocenters. The summed E-state index contributed by atoms with van der Waals surface area (Å²) in [7, 11) is 0. The predicted molar refractivity (Wildman–Crippen MR) is 86.4 cm³/mol. The van der Waals surface area contributed by atoms with Gasteiger partial charge in [-0.05, 0) is 52.9 Å². The van der Waals surface area contributed by atoms with Gasteiger partial charge >= 0.3 is 0 Å². The summed E-state index contributed by atoms with van der Waals surface area (Å²) in [6.07, 6.45) is 3.93. The first kappa shape index (κ1) is 15.7. The van der Waals surface area contributed by atoms with Gasteiger partial charge in [-0.15, -0.1) is 0 Å². The van der Waals surface area contributed by atoms with Gasteiger partial charge in [0, 0.05) is 39.3 Å². The summed E-state index contributed by atoms with van der Waals surface area (Å²) in [6, 6.07) is 0. The molecule has 0 amide bonds. The molecule has 3 fully saturated rings. The quantitative estimate of drug-likeness (QED) is 0.857. The molecule has 1 aliphatic carbocycles. The van der Waals surface area contributed by atoms with E-state index in [-0.39, 0.29) is 16.7 Å². The Bertz CT molecular complexity index is 383. The lowest BCUT2D eigenvalue weighted by Crippen LogP contribution is -2.67. The van der Waals surface area contributed by atoms with Gasteiger partial charge in [0.25, 0.3) is 0 Å². The van der Waals surface area contributed by atoms with E-state index in [4.69, 9.17) is 10.5 Å². The molecular formula is C17H33N3O. The van der Waals surface area contributed by atoms with Crippen molar-refractivity contribution >= 4 is 0 Å². The zero-order valence-corrected chi connectivity index (χ0v) is 14.3. The fraction of sp³-hybridized carbons (Fsp3) is 1.00. The Balaban J connectivity index is 1.69. The van der Waals surface area contributed by atoms with Crippen molar-refractivity contribution in [3.63, 3.8) is 0 Å². The second-order valence-electron chi connectivity index (χ2n) is 8.52. The Morgan fingerprint density at radius 1 is 1.05 bits per heavy atom. The van der Waals surface area contributed by atoms with Crippen molar-refractivity contribution in [2.24, 2.45) is 11.7 Å². The molecule has 1 saturated carbocycles. The molecule has 2 heterocycles. The number of hydrogen-bond acceptors (Lipinski definition) is 4. The molecule has 0 radical (unpaired) electrons. The largest absolute Gasteiger partial charge is 0.368 e. The predicted octanol–water partition coefficient (Wildman–Crippen LogP) is 1.69. The van der Waals surface area contributed by atoms with Crippen LogP contribution in [0.15, 0.2) is 0 Å². The second kappa shape index (κ2) is 5.19. The summed E-state index contributed by atoms with van der Waals surface area (Å²) in [4.78, 5) is 5.28. The van der Waals surface area contributed by atoms with E-state index in [9.17, 15) is 0 Å². The van der Waals surface area contributed by atoms with Crippen LogP contribution in [-0.2, 0) is 4.74 Å². The standard InChI is InChI=1S/C17H33N3O/c1-15(2)12-17(13-18,16(3,4)21-15)20-9-7-19(8-10-20)11-14-5-6-14/h14H,5-13,18H2,1-4H3. The van der Waals surface area contributed by atoms with E-state index in [1.165, 1.54) is 32.5 Å². The number of rotatable bonds is 4. The Morgan fingerprint density at radius 2 is 1.67 bits per heavy atom. The van der Waals surface area contributed by atoms with Crippen molar-refractivity contribution in [3.8, 4) is 0 Å². The zero-order chi connectivity index (χ0) is 15.3. The number of piperazine rings is 1. The first-order valence-electron chi connectivity index (χ1n) is 8.66. The van der Waals surface area contributed by atoms with Crippen molar-refractivity contribution in [3.05, 3.63) is 0 Å². The average Bonchev–Trinajstić information content (AvgIpc) is 3.16. The van der Waals surface area contributed by atoms with Crippen molar-refractivity contribution in [1.82, 2.24) is 9.80 Å². The highest BCUT2D eigenvalue weighted by Gasteiger charge is 2.59.